The molecule has 0 spiro atoms. The van der Waals surface area contributed by atoms with Gasteiger partial charge in [0, 0.05) is 23.7 Å². The maximum absolute atomic E-state index is 12.7. The van der Waals surface area contributed by atoms with E-state index >= 15 is 0 Å². The monoisotopic (exact) mass is 437 g/mol. The molecule has 10 heteroatoms. The van der Waals surface area contributed by atoms with Crippen molar-refractivity contribution in [3.05, 3.63) is 42.3 Å². The largest absolute Gasteiger partial charge is 0.323 e. The standard InChI is InChI=1S/C18H19N3O4S3/c1-3-8-21(16(22)9-20-12-26-11-17(20)23)18-19-15(10-27-18)13-4-6-14(7-5-13)28(2,24)25/h3-7,10H,1,8-9,11-12H2,2H3. The molecule has 2 aromatic rings. The van der Waals surface area contributed by atoms with E-state index in [1.54, 1.807) is 18.2 Å². The van der Waals surface area contributed by atoms with Crippen LogP contribution in [0.3, 0.4) is 0 Å². The number of thioether (sulfide) groups is 1. The zero-order valence-electron chi connectivity index (χ0n) is 15.2. The Labute approximate surface area is 172 Å². The molecule has 0 radical (unpaired) electrons. The summed E-state index contributed by atoms with van der Waals surface area (Å²) in [4.78, 5) is 32.3. The van der Waals surface area contributed by atoms with Crippen molar-refractivity contribution in [3.63, 3.8) is 0 Å². The van der Waals surface area contributed by atoms with Crippen molar-refractivity contribution in [1.29, 1.82) is 0 Å². The Balaban J connectivity index is 1.80. The van der Waals surface area contributed by atoms with E-state index in [0.29, 0.717) is 22.5 Å². The molecule has 7 nitrogen and oxygen atoms in total. The summed E-state index contributed by atoms with van der Waals surface area (Å²) in [6.45, 7) is 3.99. The van der Waals surface area contributed by atoms with Crippen molar-refractivity contribution in [2.45, 2.75) is 4.90 Å². The predicted octanol–water partition coefficient (Wildman–Crippen LogP) is 2.27. The Bertz CT molecular complexity index is 999. The summed E-state index contributed by atoms with van der Waals surface area (Å²) >= 11 is 2.80. The van der Waals surface area contributed by atoms with Crippen LogP contribution in [0.25, 0.3) is 11.3 Å². The SMILES string of the molecule is C=CCN(C(=O)CN1CSCC1=O)c1nc(-c2ccc(S(C)(=O)=O)cc2)cs1. The molecule has 1 saturated heterocycles. The number of benzene rings is 1. The van der Waals surface area contributed by atoms with E-state index in [1.807, 2.05) is 5.38 Å². The number of sulfone groups is 1. The molecule has 28 heavy (non-hydrogen) atoms. The number of aromatic nitrogens is 1. The van der Waals surface area contributed by atoms with Gasteiger partial charge in [-0.2, -0.15) is 0 Å². The van der Waals surface area contributed by atoms with Crippen LogP contribution in [-0.4, -0.2) is 61.1 Å². The van der Waals surface area contributed by atoms with E-state index in [2.05, 4.69) is 11.6 Å². The molecule has 0 atom stereocenters. The first-order valence-electron chi connectivity index (χ1n) is 8.32. The third-order valence-electron chi connectivity index (χ3n) is 4.07. The smallest absolute Gasteiger partial charge is 0.248 e. The second-order valence-corrected chi connectivity index (χ2v) is 9.98. The molecule has 148 valence electrons. The lowest BCUT2D eigenvalue weighted by Gasteiger charge is -2.21. The molecule has 1 aromatic heterocycles. The van der Waals surface area contributed by atoms with Crippen LogP contribution in [0, 0.1) is 0 Å². The van der Waals surface area contributed by atoms with Crippen molar-refractivity contribution >= 4 is 49.9 Å². The molecule has 1 aliphatic heterocycles. The number of rotatable bonds is 7. The van der Waals surface area contributed by atoms with E-state index in [-0.39, 0.29) is 29.8 Å². The van der Waals surface area contributed by atoms with Crippen LogP contribution >= 0.6 is 23.1 Å². The van der Waals surface area contributed by atoms with Gasteiger partial charge in [-0.1, -0.05) is 18.2 Å². The minimum Gasteiger partial charge on any atom is -0.323 e. The van der Waals surface area contributed by atoms with E-state index in [1.165, 1.54) is 45.0 Å². The van der Waals surface area contributed by atoms with Gasteiger partial charge in [0.1, 0.15) is 6.54 Å². The van der Waals surface area contributed by atoms with Gasteiger partial charge in [0.25, 0.3) is 0 Å². The molecule has 2 amide bonds. The number of hydrogen-bond acceptors (Lipinski definition) is 7. The molecule has 1 fully saturated rings. The van der Waals surface area contributed by atoms with Crippen molar-refractivity contribution in [3.8, 4) is 11.3 Å². The lowest BCUT2D eigenvalue weighted by atomic mass is 10.2. The van der Waals surface area contributed by atoms with E-state index in [9.17, 15) is 18.0 Å². The summed E-state index contributed by atoms with van der Waals surface area (Å²) in [5, 5.41) is 2.32. The number of thiazole rings is 1. The van der Waals surface area contributed by atoms with Crippen LogP contribution in [0.1, 0.15) is 0 Å². The van der Waals surface area contributed by atoms with Crippen LogP contribution in [0.4, 0.5) is 5.13 Å². The minimum absolute atomic E-state index is 0.0116. The highest BCUT2D eigenvalue weighted by Crippen LogP contribution is 2.28. The summed E-state index contributed by atoms with van der Waals surface area (Å²) < 4.78 is 23.2. The minimum atomic E-state index is -3.26. The fourth-order valence-electron chi connectivity index (χ4n) is 2.60. The van der Waals surface area contributed by atoms with Crippen LogP contribution in [0.15, 0.2) is 47.2 Å². The fourth-order valence-corrected chi connectivity index (χ4v) is 4.99. The highest BCUT2D eigenvalue weighted by molar-refractivity contribution is 8.00. The van der Waals surface area contributed by atoms with Gasteiger partial charge in [-0.3, -0.25) is 14.5 Å². The molecule has 0 aliphatic carbocycles. The zero-order chi connectivity index (χ0) is 20.3. The van der Waals surface area contributed by atoms with Gasteiger partial charge in [-0.05, 0) is 12.1 Å². The second kappa shape index (κ2) is 8.46. The summed E-state index contributed by atoms with van der Waals surface area (Å²) in [6, 6.07) is 6.45. The molecule has 0 unspecified atom stereocenters. The van der Waals surface area contributed by atoms with Gasteiger partial charge in [-0.25, -0.2) is 13.4 Å². The van der Waals surface area contributed by atoms with Gasteiger partial charge in [-0.15, -0.1) is 29.7 Å². The number of carbonyl (C=O) groups excluding carboxylic acids is 2. The molecular weight excluding hydrogens is 418 g/mol. The topological polar surface area (TPSA) is 87.7 Å². The molecule has 0 saturated carbocycles. The molecule has 0 N–H and O–H groups in total. The maximum atomic E-state index is 12.7. The van der Waals surface area contributed by atoms with E-state index < -0.39 is 9.84 Å². The summed E-state index contributed by atoms with van der Waals surface area (Å²) in [5.41, 5.74) is 1.40. The van der Waals surface area contributed by atoms with Crippen LogP contribution < -0.4 is 4.90 Å². The Morgan fingerprint density at radius 1 is 1.36 bits per heavy atom. The van der Waals surface area contributed by atoms with Gasteiger partial charge in [0.15, 0.2) is 15.0 Å². The average Bonchev–Trinajstić information content (AvgIpc) is 3.29. The quantitative estimate of drug-likeness (QED) is 0.618. The second-order valence-electron chi connectivity index (χ2n) is 6.17. The Morgan fingerprint density at radius 2 is 2.07 bits per heavy atom. The fraction of sp³-hybridized carbons (Fsp3) is 0.278. The lowest BCUT2D eigenvalue weighted by Crippen LogP contribution is -2.41. The average molecular weight is 438 g/mol. The van der Waals surface area contributed by atoms with Crippen molar-refractivity contribution in [2.24, 2.45) is 0 Å². The maximum Gasteiger partial charge on any atom is 0.248 e. The zero-order valence-corrected chi connectivity index (χ0v) is 17.6. The van der Waals surface area contributed by atoms with Gasteiger partial charge < -0.3 is 4.90 Å². The number of amides is 2. The first kappa shape index (κ1) is 20.6. The van der Waals surface area contributed by atoms with Crippen LogP contribution in [-0.2, 0) is 19.4 Å². The Hall–Kier alpha value is -2.17. The van der Waals surface area contributed by atoms with E-state index in [0.717, 1.165) is 11.8 Å². The molecule has 1 aliphatic rings. The number of carbonyl (C=O) groups is 2. The highest BCUT2D eigenvalue weighted by atomic mass is 32.2. The number of nitrogens with zero attached hydrogens (tertiary/aromatic N) is 3. The molecule has 0 bridgehead atoms. The molecular formula is C18H19N3O4S3. The van der Waals surface area contributed by atoms with Crippen molar-refractivity contribution in [1.82, 2.24) is 9.88 Å². The Morgan fingerprint density at radius 3 is 2.64 bits per heavy atom. The first-order chi connectivity index (χ1) is 13.3. The van der Waals surface area contributed by atoms with Crippen molar-refractivity contribution in [2.75, 3.05) is 35.9 Å². The predicted molar refractivity (Wildman–Crippen MR) is 112 cm³/mol. The van der Waals surface area contributed by atoms with Gasteiger partial charge in [0.05, 0.1) is 22.2 Å². The lowest BCUT2D eigenvalue weighted by molar-refractivity contribution is -0.131. The molecule has 3 rings (SSSR count). The molecule has 1 aromatic carbocycles. The van der Waals surface area contributed by atoms with Gasteiger partial charge >= 0.3 is 0 Å². The van der Waals surface area contributed by atoms with Crippen LogP contribution in [0.2, 0.25) is 0 Å². The van der Waals surface area contributed by atoms with E-state index in [4.69, 9.17) is 0 Å². The van der Waals surface area contributed by atoms with Crippen LogP contribution in [0.5, 0.6) is 0 Å². The third-order valence-corrected chi connectivity index (χ3v) is 7.00. The first-order valence-corrected chi connectivity index (χ1v) is 12.2. The van der Waals surface area contributed by atoms with Crippen molar-refractivity contribution < 1.29 is 18.0 Å². The summed E-state index contributed by atoms with van der Waals surface area (Å²) in [6.07, 6.45) is 2.77. The summed E-state index contributed by atoms with van der Waals surface area (Å²) in [7, 11) is -3.26. The Kier molecular flexibility index (Phi) is 6.21. The molecule has 2 heterocycles. The normalized spacial score (nSPS) is 14.3. The highest BCUT2D eigenvalue weighted by Gasteiger charge is 2.26. The van der Waals surface area contributed by atoms with Gasteiger partial charge in [0.2, 0.25) is 11.8 Å². The number of anilines is 1. The third kappa shape index (κ3) is 4.62. The number of hydrogen-bond donors (Lipinski definition) is 0. The summed E-state index contributed by atoms with van der Waals surface area (Å²) in [5.74, 6) is 0.661.